The Hall–Kier alpha value is -2.90. The molecular weight excluding hydrogens is 442 g/mol. The zero-order valence-corrected chi connectivity index (χ0v) is 17.9. The number of hydrogen-bond donors (Lipinski definition) is 2. The number of carbonyl (C=O) groups is 2. The van der Waals surface area contributed by atoms with Crippen LogP contribution < -0.4 is 10.6 Å². The smallest absolute Gasteiger partial charge is 0.318 e. The molecule has 1 saturated heterocycles. The standard InChI is InChI=1S/C22H25F4N5O2/c23-21(24,10-15-2-1-7-28-12-15)11-16(17(32)30-20(14-27)3-4-20)29-18(33)31-8-5-19(6-9-31)13-22(19,25)26/h1-2,7,12,16H,3-6,8-11,13H2,(H,29,33)(H,30,32). The van der Waals surface area contributed by atoms with Crippen LogP contribution in [0.3, 0.4) is 0 Å². The predicted octanol–water partition coefficient (Wildman–Crippen LogP) is 3.02. The van der Waals surface area contributed by atoms with Crippen molar-refractivity contribution in [3.8, 4) is 6.07 Å². The number of hydrogen-bond acceptors (Lipinski definition) is 4. The number of nitriles is 1. The molecule has 2 N–H and O–H groups in total. The quantitative estimate of drug-likeness (QED) is 0.603. The summed E-state index contributed by atoms with van der Waals surface area (Å²) in [6, 6.07) is 2.62. The van der Waals surface area contributed by atoms with E-state index in [-0.39, 0.29) is 37.9 Å². The molecule has 33 heavy (non-hydrogen) atoms. The van der Waals surface area contributed by atoms with Gasteiger partial charge >= 0.3 is 6.03 Å². The highest BCUT2D eigenvalue weighted by molar-refractivity contribution is 5.88. The van der Waals surface area contributed by atoms with Gasteiger partial charge in [-0.3, -0.25) is 9.78 Å². The lowest BCUT2D eigenvalue weighted by Gasteiger charge is -2.34. The zero-order chi connectivity index (χ0) is 23.9. The minimum Gasteiger partial charge on any atom is -0.336 e. The van der Waals surface area contributed by atoms with Gasteiger partial charge in [-0.05, 0) is 37.3 Å². The molecule has 1 aromatic rings. The highest BCUT2D eigenvalue weighted by Crippen LogP contribution is 2.65. The molecule has 3 amide bonds. The molecule has 178 valence electrons. The van der Waals surface area contributed by atoms with Gasteiger partial charge in [0.05, 0.1) is 6.07 Å². The first-order valence-electron chi connectivity index (χ1n) is 10.9. The van der Waals surface area contributed by atoms with Crippen LogP contribution >= 0.6 is 0 Å². The van der Waals surface area contributed by atoms with Crippen LogP contribution in [0.25, 0.3) is 0 Å². The van der Waals surface area contributed by atoms with Crippen LogP contribution in [0.4, 0.5) is 22.4 Å². The van der Waals surface area contributed by atoms with Gasteiger partial charge < -0.3 is 15.5 Å². The molecule has 0 radical (unpaired) electrons. The highest BCUT2D eigenvalue weighted by atomic mass is 19.3. The SMILES string of the molecule is N#CC1(NC(=O)C(CC(F)(F)Cc2cccnc2)NC(=O)N2CCC3(CC2)CC3(F)F)CC1. The summed E-state index contributed by atoms with van der Waals surface area (Å²) in [7, 11) is 0. The molecule has 1 aliphatic heterocycles. The van der Waals surface area contributed by atoms with Gasteiger partial charge in [0, 0.05) is 50.2 Å². The number of aromatic nitrogens is 1. The number of halogens is 4. The van der Waals surface area contributed by atoms with Gasteiger partial charge in [-0.25, -0.2) is 22.4 Å². The number of amides is 3. The molecule has 2 aliphatic carbocycles. The molecule has 2 heterocycles. The first-order chi connectivity index (χ1) is 15.5. The molecule has 3 aliphatic rings. The molecule has 1 unspecified atom stereocenters. The second-order valence-electron chi connectivity index (χ2n) is 9.43. The lowest BCUT2D eigenvalue weighted by atomic mass is 9.93. The lowest BCUT2D eigenvalue weighted by molar-refractivity contribution is -0.126. The van der Waals surface area contributed by atoms with Crippen LogP contribution in [-0.2, 0) is 11.2 Å². The van der Waals surface area contributed by atoms with Crippen molar-refractivity contribution in [3.05, 3.63) is 30.1 Å². The number of urea groups is 1. The van der Waals surface area contributed by atoms with Crippen LogP contribution in [0.2, 0.25) is 0 Å². The number of alkyl halides is 4. The van der Waals surface area contributed by atoms with E-state index in [1.807, 2.05) is 6.07 Å². The van der Waals surface area contributed by atoms with Gasteiger partial charge in [0.1, 0.15) is 11.6 Å². The van der Waals surface area contributed by atoms with Crippen molar-refractivity contribution >= 4 is 11.9 Å². The fourth-order valence-electron chi connectivity index (χ4n) is 4.40. The summed E-state index contributed by atoms with van der Waals surface area (Å²) in [5, 5.41) is 14.0. The summed E-state index contributed by atoms with van der Waals surface area (Å²) in [6.45, 7) is 0.119. The number of nitrogens with one attached hydrogen (secondary N) is 2. The molecule has 1 spiro atoms. The first kappa shape index (κ1) is 23.3. The Morgan fingerprint density at radius 1 is 1.24 bits per heavy atom. The second kappa shape index (κ2) is 8.15. The van der Waals surface area contributed by atoms with Gasteiger partial charge in [-0.15, -0.1) is 0 Å². The molecule has 2 saturated carbocycles. The third kappa shape index (κ3) is 5.04. The van der Waals surface area contributed by atoms with Crippen molar-refractivity contribution in [2.45, 2.75) is 68.4 Å². The third-order valence-corrected chi connectivity index (χ3v) is 6.85. The maximum atomic E-state index is 14.8. The van der Waals surface area contributed by atoms with Gasteiger partial charge in [0.25, 0.3) is 11.8 Å². The Morgan fingerprint density at radius 2 is 1.91 bits per heavy atom. The predicted molar refractivity (Wildman–Crippen MR) is 108 cm³/mol. The van der Waals surface area contributed by atoms with Crippen LogP contribution in [-0.4, -0.2) is 58.3 Å². The van der Waals surface area contributed by atoms with E-state index in [0.717, 1.165) is 0 Å². The minimum atomic E-state index is -3.34. The summed E-state index contributed by atoms with van der Waals surface area (Å²) in [4.78, 5) is 30.6. The van der Waals surface area contributed by atoms with Crippen LogP contribution in [0.15, 0.2) is 24.5 Å². The molecule has 1 atom stereocenters. The Balaban J connectivity index is 1.41. The van der Waals surface area contributed by atoms with E-state index in [9.17, 15) is 32.4 Å². The van der Waals surface area contributed by atoms with Crippen molar-refractivity contribution in [2.24, 2.45) is 5.41 Å². The summed E-state index contributed by atoms with van der Waals surface area (Å²) in [5.74, 6) is -6.93. The van der Waals surface area contributed by atoms with E-state index >= 15 is 0 Å². The van der Waals surface area contributed by atoms with Gasteiger partial charge in [0.2, 0.25) is 5.91 Å². The van der Waals surface area contributed by atoms with Gasteiger partial charge in [0.15, 0.2) is 0 Å². The lowest BCUT2D eigenvalue weighted by Crippen LogP contribution is -2.56. The van der Waals surface area contributed by atoms with Crippen LogP contribution in [0, 0.1) is 16.7 Å². The number of piperidine rings is 1. The fraction of sp³-hybridized carbons (Fsp3) is 0.636. The van der Waals surface area contributed by atoms with Crippen molar-refractivity contribution in [1.29, 1.82) is 5.26 Å². The van der Waals surface area contributed by atoms with Crippen LogP contribution in [0.1, 0.15) is 44.1 Å². The minimum absolute atomic E-state index is 0.0595. The van der Waals surface area contributed by atoms with E-state index in [1.165, 1.54) is 29.4 Å². The molecule has 0 aromatic carbocycles. The average Bonchev–Trinajstić information content (AvgIpc) is 3.64. The van der Waals surface area contributed by atoms with E-state index in [4.69, 9.17) is 0 Å². The van der Waals surface area contributed by atoms with E-state index < -0.39 is 53.6 Å². The summed E-state index contributed by atoms with van der Waals surface area (Å²) in [6.07, 6.45) is 1.97. The van der Waals surface area contributed by atoms with Crippen molar-refractivity contribution in [1.82, 2.24) is 20.5 Å². The third-order valence-electron chi connectivity index (χ3n) is 6.85. The Labute approximate surface area is 188 Å². The molecule has 4 rings (SSSR count). The summed E-state index contributed by atoms with van der Waals surface area (Å²) in [5.41, 5.74) is -1.88. The largest absolute Gasteiger partial charge is 0.336 e. The van der Waals surface area contributed by atoms with E-state index in [1.54, 1.807) is 0 Å². The number of nitrogens with zero attached hydrogens (tertiary/aromatic N) is 3. The number of likely N-dealkylation sites (tertiary alicyclic amines) is 1. The van der Waals surface area contributed by atoms with Crippen molar-refractivity contribution < 1.29 is 27.2 Å². The highest BCUT2D eigenvalue weighted by Gasteiger charge is 2.70. The summed E-state index contributed by atoms with van der Waals surface area (Å²) >= 11 is 0. The maximum Gasteiger partial charge on any atom is 0.318 e. The number of carbonyl (C=O) groups excluding carboxylic acids is 2. The second-order valence-corrected chi connectivity index (χ2v) is 9.43. The molecule has 0 bridgehead atoms. The van der Waals surface area contributed by atoms with E-state index in [2.05, 4.69) is 15.6 Å². The molecule has 11 heteroatoms. The average molecular weight is 467 g/mol. The molecule has 7 nitrogen and oxygen atoms in total. The number of rotatable bonds is 7. The Morgan fingerprint density at radius 3 is 2.42 bits per heavy atom. The Bertz CT molecular complexity index is 953. The van der Waals surface area contributed by atoms with Crippen LogP contribution in [0.5, 0.6) is 0 Å². The summed E-state index contributed by atoms with van der Waals surface area (Å²) < 4.78 is 56.8. The van der Waals surface area contributed by atoms with Crippen molar-refractivity contribution in [3.63, 3.8) is 0 Å². The van der Waals surface area contributed by atoms with Crippen molar-refractivity contribution in [2.75, 3.05) is 13.1 Å². The maximum absolute atomic E-state index is 14.8. The van der Waals surface area contributed by atoms with E-state index in [0.29, 0.717) is 12.8 Å². The monoisotopic (exact) mass is 467 g/mol. The Kier molecular flexibility index (Phi) is 5.75. The number of pyridine rings is 1. The first-order valence-corrected chi connectivity index (χ1v) is 10.9. The van der Waals surface area contributed by atoms with Gasteiger partial charge in [-0.1, -0.05) is 6.07 Å². The molecular formula is C22H25F4N5O2. The van der Waals surface area contributed by atoms with Gasteiger partial charge in [-0.2, -0.15) is 5.26 Å². The topological polar surface area (TPSA) is 98.1 Å². The fourth-order valence-corrected chi connectivity index (χ4v) is 4.40. The zero-order valence-electron chi connectivity index (χ0n) is 17.9. The molecule has 1 aromatic heterocycles. The molecule has 3 fully saturated rings. The normalized spacial score (nSPS) is 22.7.